The molecule has 0 aliphatic rings. The molecule has 1 atom stereocenters. The maximum absolute atomic E-state index is 14.0. The number of anilines is 1. The summed E-state index contributed by atoms with van der Waals surface area (Å²) in [6.45, 7) is 2.90. The molecule has 0 aromatic heterocycles. The van der Waals surface area contributed by atoms with E-state index in [1.807, 2.05) is 30.3 Å². The van der Waals surface area contributed by atoms with Gasteiger partial charge in [0.15, 0.2) is 0 Å². The number of nitrogens with zero attached hydrogens (tertiary/aromatic N) is 2. The molecule has 7 nitrogen and oxygen atoms in total. The maximum Gasteiger partial charge on any atom is 0.244 e. The van der Waals surface area contributed by atoms with Crippen LogP contribution in [0.15, 0.2) is 72.8 Å². The van der Waals surface area contributed by atoms with Crippen LogP contribution in [0.1, 0.15) is 25.0 Å². The average Bonchev–Trinajstić information content (AvgIpc) is 2.86. The van der Waals surface area contributed by atoms with E-state index >= 15 is 0 Å². The fourth-order valence-corrected chi connectivity index (χ4v) is 5.28. The molecule has 0 bridgehead atoms. The van der Waals surface area contributed by atoms with Crippen LogP contribution in [0.25, 0.3) is 0 Å². The van der Waals surface area contributed by atoms with Gasteiger partial charge < -0.3 is 10.2 Å². The van der Waals surface area contributed by atoms with Crippen LogP contribution in [0.3, 0.4) is 0 Å². The van der Waals surface area contributed by atoms with E-state index in [4.69, 9.17) is 23.2 Å². The molecule has 1 N–H and O–H groups in total. The fraction of sp³-hybridized carbons (Fsp3) is 0.286. The van der Waals surface area contributed by atoms with Crippen molar-refractivity contribution >= 4 is 50.7 Å². The van der Waals surface area contributed by atoms with E-state index in [1.54, 1.807) is 13.8 Å². The fourth-order valence-electron chi connectivity index (χ4n) is 3.99. The van der Waals surface area contributed by atoms with Crippen molar-refractivity contribution in [2.75, 3.05) is 17.1 Å². The first-order valence-corrected chi connectivity index (χ1v) is 14.8. The number of hydrogen-bond acceptors (Lipinski definition) is 4. The number of nitrogens with one attached hydrogen (secondary N) is 1. The van der Waals surface area contributed by atoms with Crippen LogP contribution in [0.5, 0.6) is 0 Å². The van der Waals surface area contributed by atoms with Crippen molar-refractivity contribution in [3.8, 4) is 0 Å². The Kier molecular flexibility index (Phi) is 10.4. The van der Waals surface area contributed by atoms with Gasteiger partial charge in [0.25, 0.3) is 0 Å². The van der Waals surface area contributed by atoms with Crippen molar-refractivity contribution in [1.82, 2.24) is 10.2 Å². The van der Waals surface area contributed by atoms with Crippen molar-refractivity contribution in [3.05, 3.63) is 99.8 Å². The number of sulfonamides is 1. The number of benzene rings is 3. The van der Waals surface area contributed by atoms with Gasteiger partial charge in [-0.25, -0.2) is 12.8 Å². The first-order valence-electron chi connectivity index (χ1n) is 12.2. The number of halogens is 3. The summed E-state index contributed by atoms with van der Waals surface area (Å²) in [5, 5.41) is 3.18. The van der Waals surface area contributed by atoms with Gasteiger partial charge in [0.1, 0.15) is 18.4 Å². The van der Waals surface area contributed by atoms with Crippen LogP contribution in [0, 0.1) is 5.82 Å². The number of amides is 2. The zero-order chi connectivity index (χ0) is 28.7. The summed E-state index contributed by atoms with van der Waals surface area (Å²) in [7, 11) is -4.00. The third kappa shape index (κ3) is 8.68. The molecule has 1 unspecified atom stereocenters. The first kappa shape index (κ1) is 30.4. The SMILES string of the molecule is CC(C)NC(=O)C(Cc1ccccc1)N(Cc1ccc(F)cc1)C(=O)CN(c1cc(Cl)ccc1Cl)S(C)(=O)=O. The molecule has 0 heterocycles. The second-order valence-electron chi connectivity index (χ2n) is 9.38. The second kappa shape index (κ2) is 13.3. The Morgan fingerprint density at radius 2 is 1.59 bits per heavy atom. The van der Waals surface area contributed by atoms with E-state index in [9.17, 15) is 22.4 Å². The molecule has 3 aromatic rings. The normalized spacial score (nSPS) is 12.2. The second-order valence-corrected chi connectivity index (χ2v) is 12.1. The Morgan fingerprint density at radius 3 is 2.18 bits per heavy atom. The number of rotatable bonds is 11. The Bertz CT molecular complexity index is 1400. The van der Waals surface area contributed by atoms with Gasteiger partial charge in [-0.1, -0.05) is 65.7 Å². The summed E-state index contributed by atoms with van der Waals surface area (Å²) < 4.78 is 40.1. The molecule has 0 aliphatic heterocycles. The highest BCUT2D eigenvalue weighted by molar-refractivity contribution is 7.92. The molecule has 208 valence electrons. The minimum Gasteiger partial charge on any atom is -0.352 e. The highest BCUT2D eigenvalue weighted by atomic mass is 35.5. The zero-order valence-corrected chi connectivity index (χ0v) is 24.1. The topological polar surface area (TPSA) is 86.8 Å². The van der Waals surface area contributed by atoms with E-state index < -0.39 is 40.2 Å². The average molecular weight is 595 g/mol. The van der Waals surface area contributed by atoms with Crippen LogP contribution in [-0.4, -0.2) is 50.0 Å². The van der Waals surface area contributed by atoms with Gasteiger partial charge in [-0.2, -0.15) is 0 Å². The quantitative estimate of drug-likeness (QED) is 0.336. The Hall–Kier alpha value is -3.14. The molecule has 11 heteroatoms. The Morgan fingerprint density at radius 1 is 0.949 bits per heavy atom. The van der Waals surface area contributed by atoms with Gasteiger partial charge in [-0.15, -0.1) is 0 Å². The van der Waals surface area contributed by atoms with Crippen LogP contribution in [0.4, 0.5) is 10.1 Å². The summed E-state index contributed by atoms with van der Waals surface area (Å²) in [5.41, 5.74) is 1.40. The Balaban J connectivity index is 2.07. The molecule has 0 radical (unpaired) electrons. The minimum absolute atomic E-state index is 0.0352. The van der Waals surface area contributed by atoms with Crippen molar-refractivity contribution in [3.63, 3.8) is 0 Å². The molecule has 0 spiro atoms. The van der Waals surface area contributed by atoms with Gasteiger partial charge >= 0.3 is 0 Å². The summed E-state index contributed by atoms with van der Waals surface area (Å²) in [6, 6.07) is 17.8. The van der Waals surface area contributed by atoms with Gasteiger partial charge in [0, 0.05) is 24.0 Å². The van der Waals surface area contributed by atoms with Gasteiger partial charge in [0.2, 0.25) is 21.8 Å². The van der Waals surface area contributed by atoms with E-state index in [0.29, 0.717) is 5.56 Å². The van der Waals surface area contributed by atoms with E-state index in [0.717, 1.165) is 16.1 Å². The van der Waals surface area contributed by atoms with Crippen molar-refractivity contribution in [1.29, 1.82) is 0 Å². The first-order chi connectivity index (χ1) is 18.3. The van der Waals surface area contributed by atoms with Crippen LogP contribution < -0.4 is 9.62 Å². The lowest BCUT2D eigenvalue weighted by Crippen LogP contribution is -2.54. The monoisotopic (exact) mass is 593 g/mol. The molecular formula is C28H30Cl2FN3O4S. The van der Waals surface area contributed by atoms with Gasteiger partial charge in [0.05, 0.1) is 17.0 Å². The maximum atomic E-state index is 14.0. The number of carbonyl (C=O) groups excluding carboxylic acids is 2. The molecular weight excluding hydrogens is 564 g/mol. The number of hydrogen-bond donors (Lipinski definition) is 1. The molecule has 0 fully saturated rings. The minimum atomic E-state index is -4.00. The molecule has 3 rings (SSSR count). The standard InChI is InChI=1S/C28H30Cl2FN3O4S/c1-19(2)32-28(36)26(15-20-7-5-4-6-8-20)33(17-21-9-12-23(31)13-10-21)27(35)18-34(39(3,37)38)25-16-22(29)11-14-24(25)30/h4-14,16,19,26H,15,17-18H2,1-3H3,(H,32,36). The van der Waals surface area contributed by atoms with Crippen molar-refractivity contribution in [2.45, 2.75) is 38.9 Å². The van der Waals surface area contributed by atoms with Gasteiger partial charge in [-0.3, -0.25) is 13.9 Å². The molecule has 3 aromatic carbocycles. The zero-order valence-electron chi connectivity index (χ0n) is 21.8. The largest absolute Gasteiger partial charge is 0.352 e. The lowest BCUT2D eigenvalue weighted by Gasteiger charge is -2.34. The summed E-state index contributed by atoms with van der Waals surface area (Å²) in [6.07, 6.45) is 1.12. The van der Waals surface area contributed by atoms with Gasteiger partial charge in [-0.05, 0) is 55.3 Å². The highest BCUT2D eigenvalue weighted by Crippen LogP contribution is 2.31. The summed E-state index contributed by atoms with van der Waals surface area (Å²) in [4.78, 5) is 28.7. The Labute approximate surface area is 238 Å². The smallest absolute Gasteiger partial charge is 0.244 e. The third-order valence-corrected chi connectivity index (χ3v) is 7.51. The van der Waals surface area contributed by atoms with Crippen LogP contribution in [0.2, 0.25) is 10.0 Å². The number of carbonyl (C=O) groups is 2. The van der Waals surface area contributed by atoms with E-state index in [-0.39, 0.29) is 34.7 Å². The van der Waals surface area contributed by atoms with Crippen molar-refractivity contribution in [2.24, 2.45) is 0 Å². The lowest BCUT2D eigenvalue weighted by molar-refractivity contribution is -0.140. The molecule has 0 saturated heterocycles. The molecule has 0 saturated carbocycles. The van der Waals surface area contributed by atoms with Crippen LogP contribution in [-0.2, 0) is 32.6 Å². The third-order valence-electron chi connectivity index (χ3n) is 5.82. The lowest BCUT2D eigenvalue weighted by atomic mass is 10.0. The molecule has 39 heavy (non-hydrogen) atoms. The predicted molar refractivity (Wildman–Crippen MR) is 153 cm³/mol. The predicted octanol–water partition coefficient (Wildman–Crippen LogP) is 5.06. The van der Waals surface area contributed by atoms with E-state index in [1.165, 1.54) is 47.4 Å². The highest BCUT2D eigenvalue weighted by Gasteiger charge is 2.33. The summed E-state index contributed by atoms with van der Waals surface area (Å²) in [5.74, 6) is -1.51. The van der Waals surface area contributed by atoms with Crippen molar-refractivity contribution < 1.29 is 22.4 Å². The van der Waals surface area contributed by atoms with Crippen LogP contribution >= 0.6 is 23.2 Å². The summed E-state index contributed by atoms with van der Waals surface area (Å²) >= 11 is 12.4. The molecule has 2 amide bonds. The van der Waals surface area contributed by atoms with E-state index in [2.05, 4.69) is 5.32 Å². The molecule has 0 aliphatic carbocycles.